The van der Waals surface area contributed by atoms with E-state index in [1.807, 2.05) is 159 Å². The second-order valence-electron chi connectivity index (χ2n) is 26.7. The molecule has 90 heavy (non-hydrogen) atoms. The van der Waals surface area contributed by atoms with Crippen LogP contribution >= 0.6 is 0 Å². The van der Waals surface area contributed by atoms with E-state index < -0.39 is 49.8 Å². The van der Waals surface area contributed by atoms with E-state index in [9.17, 15) is 45.6 Å². The third-order valence-corrected chi connectivity index (χ3v) is 21.3. The van der Waals surface area contributed by atoms with E-state index in [-0.39, 0.29) is 100.0 Å². The van der Waals surface area contributed by atoms with Gasteiger partial charge >= 0.3 is 36.0 Å². The Kier molecular flexibility index (Phi) is 35.7. The second-order valence-corrected chi connectivity index (χ2v) is 30.3. The van der Waals surface area contributed by atoms with Crippen LogP contribution < -0.4 is 0 Å². The topological polar surface area (TPSA) is 272 Å². The van der Waals surface area contributed by atoms with Gasteiger partial charge in [-0.05, 0) is 198 Å². The molecule has 0 N–H and O–H groups in total. The third-order valence-electron chi connectivity index (χ3n) is 18.2. The van der Waals surface area contributed by atoms with Crippen molar-refractivity contribution in [3.05, 3.63) is 0 Å². The third kappa shape index (κ3) is 25.3. The predicted octanol–water partition coefficient (Wildman–Crippen LogP) is 13.4. The van der Waals surface area contributed by atoms with Gasteiger partial charge in [-0.2, -0.15) is 16.8 Å². The molecule has 11 rings (SSSR count). The lowest BCUT2D eigenvalue weighted by molar-refractivity contribution is -0.193. The molecule has 5 saturated carbocycles. The zero-order chi connectivity index (χ0) is 69.4. The normalized spacial score (nSPS) is 29.7. The molecule has 0 spiro atoms. The van der Waals surface area contributed by atoms with Gasteiger partial charge in [0.15, 0.2) is 5.79 Å². The minimum atomic E-state index is -3.13. The Morgan fingerprint density at radius 1 is 0.511 bits per heavy atom. The molecular weight excluding hydrogens is 1200 g/mol. The van der Waals surface area contributed by atoms with Crippen LogP contribution in [0.4, 0.5) is 4.79 Å². The predicted molar refractivity (Wildman–Crippen MR) is 344 cm³/mol. The molecule has 6 aliphatic heterocycles. The largest absolute Gasteiger partial charge is 0.509 e. The van der Waals surface area contributed by atoms with Crippen molar-refractivity contribution in [2.24, 2.45) is 57.2 Å². The SMILES string of the molecule is CC.CC.CC.CCC(C)(C)C(=O)OCC1OC(=O)OC2C1CC1OC(C)(C)OC12.CCOC(=O)C(C)(C)CC.CCOC(=O)C(C)(C)CC.CCOC(=O)C(C)(C)CC.O=C1OC2CC3CC(C2)CC1C3.O=S1(=O)CCCO1.O=S1(=O)OC2CC3CC2C1C3. The van der Waals surface area contributed by atoms with Crippen LogP contribution in [0.5, 0.6) is 0 Å². The summed E-state index contributed by atoms with van der Waals surface area (Å²) in [5.41, 5.74) is -1.49. The first-order valence-electron chi connectivity index (χ1n) is 33.9. The maximum Gasteiger partial charge on any atom is 0.509 e. The van der Waals surface area contributed by atoms with Crippen molar-refractivity contribution in [3.8, 4) is 0 Å². The molecule has 6 heterocycles. The average Bonchev–Trinajstić information content (AvgIpc) is 1.59. The monoisotopic (exact) mass is 1330 g/mol. The fourth-order valence-corrected chi connectivity index (χ4v) is 14.5. The van der Waals surface area contributed by atoms with Crippen molar-refractivity contribution in [1.82, 2.24) is 0 Å². The van der Waals surface area contributed by atoms with Gasteiger partial charge in [-0.3, -0.25) is 32.3 Å². The molecule has 0 aromatic carbocycles. The lowest BCUT2D eigenvalue weighted by Crippen LogP contribution is -2.48. The van der Waals surface area contributed by atoms with Gasteiger partial charge < -0.3 is 42.6 Å². The van der Waals surface area contributed by atoms with Crippen LogP contribution in [0, 0.1) is 57.2 Å². The van der Waals surface area contributed by atoms with E-state index in [1.54, 1.807) is 0 Å². The van der Waals surface area contributed by atoms with Crippen molar-refractivity contribution in [3.63, 3.8) is 0 Å². The molecule has 11 fully saturated rings. The molecule has 6 bridgehead atoms. The Morgan fingerprint density at radius 2 is 0.956 bits per heavy atom. The summed E-state index contributed by atoms with van der Waals surface area (Å²) >= 11 is 0. The number of rotatable bonds is 13. The van der Waals surface area contributed by atoms with Crippen LogP contribution in [0.25, 0.3) is 0 Å². The Hall–Kier alpha value is -3.64. The number of hydrogen-bond donors (Lipinski definition) is 0. The summed E-state index contributed by atoms with van der Waals surface area (Å²) < 4.78 is 100.0. The summed E-state index contributed by atoms with van der Waals surface area (Å²) in [5.74, 6) is 1.79. The maximum absolute atomic E-state index is 12.1. The zero-order valence-electron chi connectivity index (χ0n) is 59.5. The van der Waals surface area contributed by atoms with Crippen molar-refractivity contribution in [1.29, 1.82) is 0 Å². The maximum atomic E-state index is 12.1. The minimum Gasteiger partial charge on any atom is -0.466 e. The van der Waals surface area contributed by atoms with E-state index in [0.717, 1.165) is 76.0 Å². The highest BCUT2D eigenvalue weighted by molar-refractivity contribution is 7.87. The van der Waals surface area contributed by atoms with E-state index >= 15 is 0 Å². The summed E-state index contributed by atoms with van der Waals surface area (Å²) in [7, 11) is -6.18. The van der Waals surface area contributed by atoms with Gasteiger partial charge in [0.05, 0.1) is 77.2 Å². The average molecular weight is 1330 g/mol. The van der Waals surface area contributed by atoms with E-state index in [1.165, 1.54) is 6.42 Å². The number of esters is 5. The number of cyclic esters (lactones) is 1. The number of ether oxygens (including phenoxy) is 9. The zero-order valence-corrected chi connectivity index (χ0v) is 61.2. The highest BCUT2D eigenvalue weighted by Gasteiger charge is 2.61. The van der Waals surface area contributed by atoms with Crippen molar-refractivity contribution < 1.29 is 96.6 Å². The fraction of sp³-hybridized carbons (Fsp3) is 0.910. The second kappa shape index (κ2) is 38.0. The molecule has 11 atom stereocenters. The van der Waals surface area contributed by atoms with E-state index in [2.05, 4.69) is 4.18 Å². The summed E-state index contributed by atoms with van der Waals surface area (Å²) in [6.07, 6.45) is 11.5. The minimum absolute atomic E-state index is 0.0291. The van der Waals surface area contributed by atoms with Gasteiger partial charge in [0.1, 0.15) is 31.0 Å². The van der Waals surface area contributed by atoms with Gasteiger partial charge in [0, 0.05) is 11.8 Å². The standard InChI is InChI=1S/C17H26O7.C10H14O2.3C8H16O2.C7H10O3S.C3H6O3S.3C2H6/c1-6-16(2,3)14(18)20-8-11-9-7-10-13(24-17(4,5)23-10)12(9)22-15(19)21-11;11-10-8-2-6-1-7(3-8)5-9(4-6)12-10;3*1-5-8(3,4)7(9)10-6-2;8-11(9)7-3-4-1-5(7)6(2-4)10-11;4-7(5)3-1-2-6-7;3*1-2/h9-13H,6-8H2,1-5H3;6-9H,1-5H2;3*5-6H2,1-4H3;4-7H,1-3H2;1-3H2;3*1-2H3. The van der Waals surface area contributed by atoms with Gasteiger partial charge in [-0.15, -0.1) is 0 Å². The van der Waals surface area contributed by atoms with Crippen molar-refractivity contribution in [2.45, 2.75) is 297 Å². The smallest absolute Gasteiger partial charge is 0.466 e. The quantitative estimate of drug-likeness (QED) is 0.0941. The summed E-state index contributed by atoms with van der Waals surface area (Å²) in [6, 6.07) is 0. The van der Waals surface area contributed by atoms with Crippen LogP contribution in [-0.4, -0.2) is 139 Å². The molecule has 23 heteroatoms. The lowest BCUT2D eigenvalue weighted by Gasteiger charge is -2.35. The molecule has 0 aromatic heterocycles. The lowest BCUT2D eigenvalue weighted by atomic mass is 9.68. The Bertz CT molecular complexity index is 2340. The summed E-state index contributed by atoms with van der Waals surface area (Å²) in [6.45, 7) is 45.9. The van der Waals surface area contributed by atoms with Crippen LogP contribution in [0.15, 0.2) is 0 Å². The van der Waals surface area contributed by atoms with Crippen molar-refractivity contribution in [2.75, 3.05) is 38.8 Å². The highest BCUT2D eigenvalue weighted by Crippen LogP contribution is 2.54. The van der Waals surface area contributed by atoms with Gasteiger partial charge in [0.2, 0.25) is 0 Å². The molecule has 21 nitrogen and oxygen atoms in total. The van der Waals surface area contributed by atoms with Crippen LogP contribution in [0.2, 0.25) is 0 Å². The van der Waals surface area contributed by atoms with Gasteiger partial charge in [-0.25, -0.2) is 4.79 Å². The Balaban J connectivity index is 0.000000537. The Morgan fingerprint density at radius 3 is 1.32 bits per heavy atom. The Labute approximate surface area is 543 Å². The first-order chi connectivity index (χ1) is 41.9. The van der Waals surface area contributed by atoms with Crippen molar-refractivity contribution >= 4 is 56.2 Å². The molecule has 11 aliphatic rings. The van der Waals surface area contributed by atoms with Gasteiger partial charge in [-0.1, -0.05) is 69.2 Å². The van der Waals surface area contributed by atoms with Crippen LogP contribution in [0.1, 0.15) is 249 Å². The summed E-state index contributed by atoms with van der Waals surface area (Å²) in [5, 5.41) is -0.133. The summed E-state index contributed by atoms with van der Waals surface area (Å²) in [4.78, 5) is 68.6. The van der Waals surface area contributed by atoms with E-state index in [4.69, 9.17) is 46.8 Å². The molecule has 5 aliphatic carbocycles. The molecule has 11 unspecified atom stereocenters. The first-order valence-corrected chi connectivity index (χ1v) is 36.9. The molecule has 0 aromatic rings. The fourth-order valence-electron chi connectivity index (χ4n) is 11.6. The number of fused-ring (bicyclic) bond motifs is 5. The van der Waals surface area contributed by atoms with E-state index in [0.29, 0.717) is 57.5 Å². The number of hydrogen-bond acceptors (Lipinski definition) is 21. The highest BCUT2D eigenvalue weighted by atomic mass is 32.2. The first kappa shape index (κ1) is 84.4. The van der Waals surface area contributed by atoms with Crippen LogP contribution in [-0.2, 0) is 95.2 Å². The number of carbonyl (C=O) groups excluding carboxylic acids is 6. The van der Waals surface area contributed by atoms with Crippen LogP contribution in [0.3, 0.4) is 0 Å². The molecule has 6 saturated heterocycles. The molecule has 528 valence electrons. The molecular formula is C67H122O21S2. The molecule has 0 amide bonds. The number of carbonyl (C=O) groups is 6. The van der Waals surface area contributed by atoms with Gasteiger partial charge in [0.25, 0.3) is 20.2 Å². The molecule has 0 radical (unpaired) electrons.